The van der Waals surface area contributed by atoms with Crippen LogP contribution in [0, 0.1) is 0 Å². The lowest BCUT2D eigenvalue weighted by Crippen LogP contribution is -2.22. The number of benzene rings is 2. The Hall–Kier alpha value is -2.75. The first-order valence-corrected chi connectivity index (χ1v) is 7.03. The van der Waals surface area contributed by atoms with Gasteiger partial charge in [-0.05, 0) is 18.2 Å². The van der Waals surface area contributed by atoms with Gasteiger partial charge in [0.25, 0.3) is 0 Å². The van der Waals surface area contributed by atoms with Gasteiger partial charge in [-0.25, -0.2) is 4.99 Å². The molecule has 1 aliphatic rings. The minimum atomic E-state index is 0.643. The number of para-hydroxylation sites is 1. The molecule has 0 unspecified atom stereocenters. The first-order chi connectivity index (χ1) is 10.7. The Bertz CT molecular complexity index is 738. The molecule has 0 bridgehead atoms. The van der Waals surface area contributed by atoms with Gasteiger partial charge in [0.1, 0.15) is 11.5 Å². The average Bonchev–Trinajstić information content (AvgIpc) is 2.58. The Labute approximate surface area is 130 Å². The number of methoxy groups -OCH3 is 2. The second kappa shape index (κ2) is 5.93. The van der Waals surface area contributed by atoms with Crippen molar-refractivity contribution in [1.82, 2.24) is 4.90 Å². The molecule has 4 nitrogen and oxygen atoms in total. The summed E-state index contributed by atoms with van der Waals surface area (Å²) < 4.78 is 10.7. The SMILES string of the molecule is C=C1c2ccccc2N=CN1Cc1ccc(OC)cc1OC. The van der Waals surface area contributed by atoms with E-state index in [1.54, 1.807) is 14.2 Å². The second-order valence-corrected chi connectivity index (χ2v) is 5.01. The molecule has 0 spiro atoms. The van der Waals surface area contributed by atoms with Gasteiger partial charge in [-0.1, -0.05) is 24.8 Å². The van der Waals surface area contributed by atoms with Crippen molar-refractivity contribution in [2.75, 3.05) is 14.2 Å². The zero-order valence-electron chi connectivity index (χ0n) is 12.7. The van der Waals surface area contributed by atoms with Gasteiger partial charge in [-0.15, -0.1) is 0 Å². The molecule has 2 aromatic rings. The van der Waals surface area contributed by atoms with E-state index in [-0.39, 0.29) is 0 Å². The number of fused-ring (bicyclic) bond motifs is 1. The molecule has 0 aliphatic carbocycles. The Kier molecular flexibility index (Phi) is 3.83. The zero-order chi connectivity index (χ0) is 15.5. The Morgan fingerprint density at radius 1 is 1.09 bits per heavy atom. The maximum Gasteiger partial charge on any atom is 0.127 e. The van der Waals surface area contributed by atoms with E-state index in [0.717, 1.165) is 34.0 Å². The van der Waals surface area contributed by atoms with Crippen LogP contribution in [0.2, 0.25) is 0 Å². The predicted octanol–water partition coefficient (Wildman–Crippen LogP) is 3.85. The van der Waals surface area contributed by atoms with Gasteiger partial charge in [0, 0.05) is 22.9 Å². The van der Waals surface area contributed by atoms with Crippen LogP contribution in [-0.4, -0.2) is 25.5 Å². The van der Waals surface area contributed by atoms with Crippen molar-refractivity contribution in [3.63, 3.8) is 0 Å². The standard InChI is InChI=1S/C18H18N2O2/c1-13-16-6-4-5-7-17(16)19-12-20(13)11-14-8-9-15(21-2)10-18(14)22-3/h4-10,12H,1,11H2,2-3H3. The quantitative estimate of drug-likeness (QED) is 0.859. The molecule has 0 saturated carbocycles. The lowest BCUT2D eigenvalue weighted by Gasteiger charge is -2.27. The van der Waals surface area contributed by atoms with E-state index in [9.17, 15) is 0 Å². The van der Waals surface area contributed by atoms with Crippen LogP contribution in [0.4, 0.5) is 5.69 Å². The minimum absolute atomic E-state index is 0.643. The monoisotopic (exact) mass is 294 g/mol. The summed E-state index contributed by atoms with van der Waals surface area (Å²) in [4.78, 5) is 6.51. The third-order valence-corrected chi connectivity index (χ3v) is 3.73. The summed E-state index contributed by atoms with van der Waals surface area (Å²) in [6.07, 6.45) is 1.81. The Morgan fingerprint density at radius 2 is 1.91 bits per heavy atom. The van der Waals surface area contributed by atoms with Crippen LogP contribution in [0.3, 0.4) is 0 Å². The minimum Gasteiger partial charge on any atom is -0.497 e. The molecule has 0 fully saturated rings. The normalized spacial score (nSPS) is 13.0. The lowest BCUT2D eigenvalue weighted by atomic mass is 10.1. The van der Waals surface area contributed by atoms with E-state index in [0.29, 0.717) is 6.54 Å². The van der Waals surface area contributed by atoms with E-state index in [4.69, 9.17) is 9.47 Å². The second-order valence-electron chi connectivity index (χ2n) is 5.01. The highest BCUT2D eigenvalue weighted by atomic mass is 16.5. The van der Waals surface area contributed by atoms with Gasteiger partial charge in [-0.2, -0.15) is 0 Å². The van der Waals surface area contributed by atoms with E-state index in [2.05, 4.69) is 11.6 Å². The number of hydrogen-bond donors (Lipinski definition) is 0. The van der Waals surface area contributed by atoms with Crippen molar-refractivity contribution in [3.8, 4) is 11.5 Å². The molecule has 1 heterocycles. The molecule has 0 N–H and O–H groups in total. The fourth-order valence-electron chi connectivity index (χ4n) is 2.49. The highest BCUT2D eigenvalue weighted by Gasteiger charge is 2.17. The number of aliphatic imine (C=N–C) groups is 1. The molecule has 1 aliphatic heterocycles. The van der Waals surface area contributed by atoms with Crippen LogP contribution in [-0.2, 0) is 6.54 Å². The van der Waals surface area contributed by atoms with Gasteiger partial charge < -0.3 is 14.4 Å². The van der Waals surface area contributed by atoms with Crippen molar-refractivity contribution in [3.05, 3.63) is 60.2 Å². The molecule has 4 heteroatoms. The first kappa shape index (κ1) is 14.2. The third kappa shape index (κ3) is 2.55. The Balaban J connectivity index is 1.87. The van der Waals surface area contributed by atoms with Crippen LogP contribution in [0.1, 0.15) is 11.1 Å². The predicted molar refractivity (Wildman–Crippen MR) is 88.7 cm³/mol. The molecule has 112 valence electrons. The van der Waals surface area contributed by atoms with Crippen molar-refractivity contribution in [2.45, 2.75) is 6.54 Å². The Morgan fingerprint density at radius 3 is 2.68 bits per heavy atom. The maximum atomic E-state index is 5.45. The molecule has 0 atom stereocenters. The highest BCUT2D eigenvalue weighted by molar-refractivity contribution is 5.86. The summed E-state index contributed by atoms with van der Waals surface area (Å²) in [7, 11) is 3.30. The van der Waals surface area contributed by atoms with E-state index in [1.807, 2.05) is 53.7 Å². The summed E-state index contributed by atoms with van der Waals surface area (Å²) >= 11 is 0. The number of ether oxygens (including phenoxy) is 2. The van der Waals surface area contributed by atoms with E-state index in [1.165, 1.54) is 0 Å². The number of hydrogen-bond acceptors (Lipinski definition) is 4. The molecule has 0 radical (unpaired) electrons. The van der Waals surface area contributed by atoms with Crippen molar-refractivity contribution in [2.24, 2.45) is 4.99 Å². The fourth-order valence-corrected chi connectivity index (χ4v) is 2.49. The van der Waals surface area contributed by atoms with Gasteiger partial charge in [-0.3, -0.25) is 0 Å². The molecule has 0 saturated heterocycles. The van der Waals surface area contributed by atoms with Crippen LogP contribution >= 0.6 is 0 Å². The summed E-state index contributed by atoms with van der Waals surface area (Å²) in [5.74, 6) is 1.57. The zero-order valence-corrected chi connectivity index (χ0v) is 12.7. The van der Waals surface area contributed by atoms with Gasteiger partial charge in [0.2, 0.25) is 0 Å². The van der Waals surface area contributed by atoms with Crippen molar-refractivity contribution in [1.29, 1.82) is 0 Å². The average molecular weight is 294 g/mol. The molecule has 0 aromatic heterocycles. The maximum absolute atomic E-state index is 5.45. The van der Waals surface area contributed by atoms with E-state index >= 15 is 0 Å². The molecule has 3 rings (SSSR count). The van der Waals surface area contributed by atoms with Gasteiger partial charge in [0.05, 0.1) is 32.8 Å². The third-order valence-electron chi connectivity index (χ3n) is 3.73. The van der Waals surface area contributed by atoms with E-state index < -0.39 is 0 Å². The molecular weight excluding hydrogens is 276 g/mol. The molecule has 22 heavy (non-hydrogen) atoms. The fraction of sp³-hybridized carbons (Fsp3) is 0.167. The highest BCUT2D eigenvalue weighted by Crippen LogP contribution is 2.33. The molecule has 2 aromatic carbocycles. The van der Waals surface area contributed by atoms with Gasteiger partial charge in [0.15, 0.2) is 0 Å². The van der Waals surface area contributed by atoms with Crippen LogP contribution in [0.5, 0.6) is 11.5 Å². The molecule has 0 amide bonds. The largest absolute Gasteiger partial charge is 0.497 e. The van der Waals surface area contributed by atoms with Crippen LogP contribution in [0.25, 0.3) is 5.70 Å². The van der Waals surface area contributed by atoms with Crippen LogP contribution < -0.4 is 9.47 Å². The van der Waals surface area contributed by atoms with Crippen LogP contribution in [0.15, 0.2) is 54.0 Å². The first-order valence-electron chi connectivity index (χ1n) is 7.03. The summed E-state index contributed by atoms with van der Waals surface area (Å²) in [5.41, 5.74) is 3.99. The summed E-state index contributed by atoms with van der Waals surface area (Å²) in [6.45, 7) is 4.83. The number of rotatable bonds is 4. The topological polar surface area (TPSA) is 34.1 Å². The van der Waals surface area contributed by atoms with Crippen molar-refractivity contribution >= 4 is 17.7 Å². The van der Waals surface area contributed by atoms with Gasteiger partial charge >= 0.3 is 0 Å². The molecular formula is C18H18N2O2. The summed E-state index contributed by atoms with van der Waals surface area (Å²) in [5, 5.41) is 0. The lowest BCUT2D eigenvalue weighted by molar-refractivity contribution is 0.387. The smallest absolute Gasteiger partial charge is 0.127 e. The van der Waals surface area contributed by atoms with Crippen molar-refractivity contribution < 1.29 is 9.47 Å². The number of nitrogens with zero attached hydrogens (tertiary/aromatic N) is 2. The summed E-state index contributed by atoms with van der Waals surface area (Å²) in [6, 6.07) is 13.8.